The highest BCUT2D eigenvalue weighted by molar-refractivity contribution is 7.25. The average Bonchev–Trinajstić information content (AvgIpc) is 3.65. The maximum atomic E-state index is 4.98. The van der Waals surface area contributed by atoms with E-state index in [0.717, 1.165) is 27.9 Å². The fraction of sp³-hybridized carbons (Fsp3) is 0. The molecule has 0 fully saturated rings. The molecular formula is C50H30N4S. The van der Waals surface area contributed by atoms with Gasteiger partial charge in [-0.1, -0.05) is 152 Å². The Morgan fingerprint density at radius 3 is 1.33 bits per heavy atom. The molecule has 5 heteroatoms. The summed E-state index contributed by atoms with van der Waals surface area (Å²) in [4.78, 5) is 19.7. The van der Waals surface area contributed by atoms with Crippen LogP contribution in [0, 0.1) is 0 Å². The quantitative estimate of drug-likeness (QED) is 0.166. The Balaban J connectivity index is 1.02. The summed E-state index contributed by atoms with van der Waals surface area (Å²) in [6, 6.07) is 62.0. The summed E-state index contributed by atoms with van der Waals surface area (Å²) in [7, 11) is 0. The summed E-state index contributed by atoms with van der Waals surface area (Å²) in [6.07, 6.45) is 1.92. The molecule has 0 aliphatic rings. The third-order valence-corrected chi connectivity index (χ3v) is 11.7. The highest BCUT2D eigenvalue weighted by Crippen LogP contribution is 2.42. The van der Waals surface area contributed by atoms with Crippen LogP contribution in [0.4, 0.5) is 0 Å². The molecule has 256 valence electrons. The van der Waals surface area contributed by atoms with Crippen molar-refractivity contribution in [2.45, 2.75) is 0 Å². The monoisotopic (exact) mass is 718 g/mol. The van der Waals surface area contributed by atoms with Crippen LogP contribution in [0.2, 0.25) is 0 Å². The smallest absolute Gasteiger partial charge is 0.164 e. The second-order valence-corrected chi connectivity index (χ2v) is 14.9. The summed E-state index contributed by atoms with van der Waals surface area (Å²) >= 11 is 1.81. The lowest BCUT2D eigenvalue weighted by Gasteiger charge is -2.12. The van der Waals surface area contributed by atoms with Crippen molar-refractivity contribution in [3.8, 4) is 56.5 Å². The van der Waals surface area contributed by atoms with E-state index in [2.05, 4.69) is 115 Å². The van der Waals surface area contributed by atoms with Crippen LogP contribution in [0.1, 0.15) is 0 Å². The van der Waals surface area contributed by atoms with Crippen molar-refractivity contribution < 1.29 is 0 Å². The number of aromatic nitrogens is 4. The van der Waals surface area contributed by atoms with Crippen molar-refractivity contribution in [3.63, 3.8) is 0 Å². The first-order chi connectivity index (χ1) is 27.2. The molecule has 55 heavy (non-hydrogen) atoms. The van der Waals surface area contributed by atoms with Crippen molar-refractivity contribution >= 4 is 63.8 Å². The topological polar surface area (TPSA) is 51.6 Å². The Bertz CT molecular complexity index is 3150. The van der Waals surface area contributed by atoms with E-state index in [4.69, 9.17) is 19.9 Å². The lowest BCUT2D eigenvalue weighted by atomic mass is 9.92. The number of hydrogen-bond donors (Lipinski definition) is 0. The Kier molecular flexibility index (Phi) is 7.32. The maximum absolute atomic E-state index is 4.98. The maximum Gasteiger partial charge on any atom is 0.164 e. The standard InChI is InChI=1S/C50H30N4S/c1-3-11-32(12-4-1)48-52-49(33-13-5-2-6-14-33)54-50(53-48)34-21-19-31(20-22-34)47-46-43-30-36(24-26-44(43)55-45(46)27-28-51-47)35-23-25-41-39-17-8-7-15-37(39)38-16-9-10-18-40(38)42(41)29-35/h1-30H. The van der Waals surface area contributed by atoms with Gasteiger partial charge in [-0.3, -0.25) is 4.98 Å². The van der Waals surface area contributed by atoms with Crippen LogP contribution in [0.3, 0.4) is 0 Å². The van der Waals surface area contributed by atoms with Crippen LogP contribution >= 0.6 is 11.3 Å². The second-order valence-electron chi connectivity index (χ2n) is 13.8. The molecule has 4 nitrogen and oxygen atoms in total. The summed E-state index contributed by atoms with van der Waals surface area (Å²) in [5.74, 6) is 1.93. The molecule has 8 aromatic carbocycles. The normalized spacial score (nSPS) is 11.6. The van der Waals surface area contributed by atoms with Crippen molar-refractivity contribution in [2.75, 3.05) is 0 Å². The molecule has 0 saturated carbocycles. The minimum atomic E-state index is 0.632. The zero-order valence-corrected chi connectivity index (χ0v) is 30.3. The van der Waals surface area contributed by atoms with Crippen LogP contribution in [0.5, 0.6) is 0 Å². The predicted octanol–water partition coefficient (Wildman–Crippen LogP) is 13.4. The highest BCUT2D eigenvalue weighted by Gasteiger charge is 2.16. The van der Waals surface area contributed by atoms with Crippen molar-refractivity contribution in [1.82, 2.24) is 19.9 Å². The molecule has 11 aromatic rings. The highest BCUT2D eigenvalue weighted by atomic mass is 32.1. The lowest BCUT2D eigenvalue weighted by Crippen LogP contribution is -2.00. The molecule has 0 unspecified atom stereocenters. The number of benzene rings is 8. The van der Waals surface area contributed by atoms with Crippen molar-refractivity contribution in [1.29, 1.82) is 0 Å². The molecule has 3 aromatic heterocycles. The first-order valence-corrected chi connectivity index (χ1v) is 19.2. The third-order valence-electron chi connectivity index (χ3n) is 10.6. The molecule has 0 saturated heterocycles. The van der Waals surface area contributed by atoms with Gasteiger partial charge in [0.25, 0.3) is 0 Å². The first-order valence-electron chi connectivity index (χ1n) is 18.4. The summed E-state index contributed by atoms with van der Waals surface area (Å²) < 4.78 is 2.46. The van der Waals surface area contributed by atoms with Gasteiger partial charge in [-0.05, 0) is 67.7 Å². The minimum absolute atomic E-state index is 0.632. The van der Waals surface area contributed by atoms with E-state index in [1.165, 1.54) is 63.6 Å². The molecule has 0 amide bonds. The number of thiophene rings is 1. The van der Waals surface area contributed by atoms with Gasteiger partial charge in [-0.25, -0.2) is 15.0 Å². The minimum Gasteiger partial charge on any atom is -0.256 e. The van der Waals surface area contributed by atoms with Gasteiger partial charge in [-0.15, -0.1) is 11.3 Å². The second kappa shape index (κ2) is 12.8. The van der Waals surface area contributed by atoms with Gasteiger partial charge in [-0.2, -0.15) is 0 Å². The predicted molar refractivity (Wildman–Crippen MR) is 230 cm³/mol. The number of fused-ring (bicyclic) bond motifs is 9. The molecule has 0 bridgehead atoms. The van der Waals surface area contributed by atoms with E-state index >= 15 is 0 Å². The van der Waals surface area contributed by atoms with Crippen LogP contribution in [-0.2, 0) is 0 Å². The van der Waals surface area contributed by atoms with Gasteiger partial charge < -0.3 is 0 Å². The van der Waals surface area contributed by atoms with Gasteiger partial charge >= 0.3 is 0 Å². The molecule has 3 heterocycles. The van der Waals surface area contributed by atoms with Crippen LogP contribution in [0.15, 0.2) is 182 Å². The Labute approximate surface area is 321 Å². The van der Waals surface area contributed by atoms with Crippen LogP contribution in [0.25, 0.3) is 109 Å². The fourth-order valence-corrected chi connectivity index (χ4v) is 9.00. The Morgan fingerprint density at radius 1 is 0.309 bits per heavy atom. The number of rotatable bonds is 5. The number of pyridine rings is 1. The molecular weight excluding hydrogens is 689 g/mol. The SMILES string of the molecule is c1ccc(-c2nc(-c3ccccc3)nc(-c3ccc(-c4nccc5sc6ccc(-c7ccc8c9ccccc9c9ccccc9c8c7)cc6c45)cc3)n2)cc1. The van der Waals surface area contributed by atoms with E-state index in [1.807, 2.05) is 78.2 Å². The summed E-state index contributed by atoms with van der Waals surface area (Å²) in [5, 5.41) is 10.1. The summed E-state index contributed by atoms with van der Waals surface area (Å²) in [5.41, 5.74) is 7.22. The van der Waals surface area contributed by atoms with Crippen molar-refractivity contribution in [3.05, 3.63) is 182 Å². The molecule has 11 rings (SSSR count). The molecule has 0 spiro atoms. The largest absolute Gasteiger partial charge is 0.256 e. The zero-order chi connectivity index (χ0) is 36.3. The van der Waals surface area contributed by atoms with Crippen LogP contribution < -0.4 is 0 Å². The van der Waals surface area contributed by atoms with Gasteiger partial charge in [0.05, 0.1) is 5.69 Å². The molecule has 0 atom stereocenters. The van der Waals surface area contributed by atoms with Gasteiger partial charge in [0.1, 0.15) is 0 Å². The Morgan fingerprint density at radius 2 is 0.745 bits per heavy atom. The lowest BCUT2D eigenvalue weighted by molar-refractivity contribution is 1.07. The molecule has 0 N–H and O–H groups in total. The molecule has 0 radical (unpaired) electrons. The fourth-order valence-electron chi connectivity index (χ4n) is 7.92. The Hall–Kier alpha value is -7.08. The molecule has 0 aliphatic carbocycles. The van der Waals surface area contributed by atoms with E-state index in [0.29, 0.717) is 17.5 Å². The van der Waals surface area contributed by atoms with Gasteiger partial charge in [0.2, 0.25) is 0 Å². The van der Waals surface area contributed by atoms with E-state index < -0.39 is 0 Å². The van der Waals surface area contributed by atoms with E-state index in [-0.39, 0.29) is 0 Å². The molecule has 0 aliphatic heterocycles. The number of hydrogen-bond acceptors (Lipinski definition) is 5. The summed E-state index contributed by atoms with van der Waals surface area (Å²) in [6.45, 7) is 0. The third kappa shape index (κ3) is 5.36. The van der Waals surface area contributed by atoms with E-state index in [1.54, 1.807) is 0 Å². The van der Waals surface area contributed by atoms with Crippen molar-refractivity contribution in [2.24, 2.45) is 0 Å². The van der Waals surface area contributed by atoms with E-state index in [9.17, 15) is 0 Å². The average molecular weight is 719 g/mol. The van der Waals surface area contributed by atoms with Gasteiger partial charge in [0, 0.05) is 48.6 Å². The number of nitrogens with zero attached hydrogens (tertiary/aromatic N) is 4. The van der Waals surface area contributed by atoms with Gasteiger partial charge in [0.15, 0.2) is 17.5 Å². The zero-order valence-electron chi connectivity index (χ0n) is 29.5. The van der Waals surface area contributed by atoms with Crippen LogP contribution in [-0.4, -0.2) is 19.9 Å². The first kappa shape index (κ1) is 31.4.